The third-order valence-electron chi connectivity index (χ3n) is 4.61. The maximum Gasteiger partial charge on any atom is 0.306 e. The van der Waals surface area contributed by atoms with Crippen molar-refractivity contribution < 1.29 is 14.7 Å². The lowest BCUT2D eigenvalue weighted by Gasteiger charge is -2.25. The molecular formula is C20H22N2O3. The Morgan fingerprint density at radius 1 is 0.840 bits per heavy atom. The van der Waals surface area contributed by atoms with E-state index in [9.17, 15) is 9.59 Å². The molecule has 0 bridgehead atoms. The van der Waals surface area contributed by atoms with Gasteiger partial charge in [0.1, 0.15) is 0 Å². The third-order valence-corrected chi connectivity index (χ3v) is 4.61. The predicted octanol–water partition coefficient (Wildman–Crippen LogP) is 4.26. The van der Waals surface area contributed by atoms with Gasteiger partial charge in [0.15, 0.2) is 0 Å². The highest BCUT2D eigenvalue weighted by molar-refractivity contribution is 5.93. The van der Waals surface area contributed by atoms with Crippen LogP contribution in [0.5, 0.6) is 0 Å². The van der Waals surface area contributed by atoms with Gasteiger partial charge in [-0.1, -0.05) is 24.6 Å². The molecule has 0 heterocycles. The highest BCUT2D eigenvalue weighted by Crippen LogP contribution is 2.30. The number of amides is 1. The van der Waals surface area contributed by atoms with Crippen molar-refractivity contribution in [3.63, 3.8) is 0 Å². The van der Waals surface area contributed by atoms with Crippen molar-refractivity contribution in [2.24, 2.45) is 11.8 Å². The first kappa shape index (κ1) is 17.0. The molecule has 0 saturated heterocycles. The fourth-order valence-corrected chi connectivity index (χ4v) is 3.22. The summed E-state index contributed by atoms with van der Waals surface area (Å²) in [5.74, 6) is -1.51. The van der Waals surface area contributed by atoms with Gasteiger partial charge in [0.05, 0.1) is 5.92 Å². The number of benzene rings is 2. The van der Waals surface area contributed by atoms with Crippen LogP contribution < -0.4 is 10.6 Å². The summed E-state index contributed by atoms with van der Waals surface area (Å²) >= 11 is 0. The molecule has 0 spiro atoms. The lowest BCUT2D eigenvalue weighted by Crippen LogP contribution is -2.30. The van der Waals surface area contributed by atoms with Gasteiger partial charge in [-0.25, -0.2) is 0 Å². The number of para-hydroxylation sites is 1. The number of carboxylic acid groups (broad SMARTS) is 1. The number of carboxylic acids is 1. The maximum atomic E-state index is 12.4. The second kappa shape index (κ2) is 7.83. The zero-order valence-electron chi connectivity index (χ0n) is 13.9. The van der Waals surface area contributed by atoms with E-state index in [2.05, 4.69) is 10.6 Å². The summed E-state index contributed by atoms with van der Waals surface area (Å²) < 4.78 is 0. The van der Waals surface area contributed by atoms with Gasteiger partial charge in [0.25, 0.3) is 0 Å². The summed E-state index contributed by atoms with van der Waals surface area (Å²) in [6.45, 7) is 0. The molecule has 3 N–H and O–H groups in total. The van der Waals surface area contributed by atoms with Crippen LogP contribution in [0, 0.1) is 11.8 Å². The molecule has 130 valence electrons. The summed E-state index contributed by atoms with van der Waals surface area (Å²) in [4.78, 5) is 23.5. The van der Waals surface area contributed by atoms with Gasteiger partial charge >= 0.3 is 5.97 Å². The van der Waals surface area contributed by atoms with Crippen molar-refractivity contribution in [2.45, 2.75) is 25.7 Å². The Hall–Kier alpha value is -2.82. The molecular weight excluding hydrogens is 316 g/mol. The van der Waals surface area contributed by atoms with Crippen molar-refractivity contribution >= 4 is 28.9 Å². The minimum absolute atomic E-state index is 0.0882. The molecule has 1 saturated carbocycles. The van der Waals surface area contributed by atoms with Crippen molar-refractivity contribution in [3.8, 4) is 0 Å². The molecule has 0 aromatic heterocycles. The summed E-state index contributed by atoms with van der Waals surface area (Å²) in [6, 6.07) is 17.4. The normalized spacial score (nSPS) is 19.8. The number of carbonyl (C=O) groups excluding carboxylic acids is 1. The van der Waals surface area contributed by atoms with E-state index in [1.165, 1.54) is 0 Å². The maximum absolute atomic E-state index is 12.4. The van der Waals surface area contributed by atoms with Gasteiger partial charge in [-0.2, -0.15) is 0 Å². The average Bonchev–Trinajstić information content (AvgIpc) is 2.64. The smallest absolute Gasteiger partial charge is 0.306 e. The molecule has 2 atom stereocenters. The number of hydrogen-bond donors (Lipinski definition) is 3. The molecule has 2 unspecified atom stereocenters. The molecule has 1 amide bonds. The van der Waals surface area contributed by atoms with E-state index in [-0.39, 0.29) is 11.8 Å². The minimum atomic E-state index is -0.797. The Labute approximate surface area is 147 Å². The Bertz CT molecular complexity index is 728. The number of rotatable bonds is 5. The van der Waals surface area contributed by atoms with Crippen LogP contribution in [-0.4, -0.2) is 17.0 Å². The Morgan fingerprint density at radius 2 is 1.44 bits per heavy atom. The second-order valence-corrected chi connectivity index (χ2v) is 6.46. The Balaban J connectivity index is 1.57. The molecule has 3 rings (SSSR count). The van der Waals surface area contributed by atoms with Gasteiger partial charge in [0, 0.05) is 23.0 Å². The highest BCUT2D eigenvalue weighted by Gasteiger charge is 2.30. The average molecular weight is 338 g/mol. The van der Waals surface area contributed by atoms with Gasteiger partial charge < -0.3 is 15.7 Å². The molecule has 1 aliphatic rings. The van der Waals surface area contributed by atoms with E-state index < -0.39 is 11.9 Å². The third kappa shape index (κ3) is 4.59. The largest absolute Gasteiger partial charge is 0.481 e. The highest BCUT2D eigenvalue weighted by atomic mass is 16.4. The van der Waals surface area contributed by atoms with Crippen molar-refractivity contribution in [3.05, 3.63) is 54.6 Å². The quantitative estimate of drug-likeness (QED) is 0.761. The zero-order valence-corrected chi connectivity index (χ0v) is 13.9. The first-order chi connectivity index (χ1) is 12.1. The molecule has 0 radical (unpaired) electrons. The van der Waals surface area contributed by atoms with Gasteiger partial charge in [0.2, 0.25) is 5.91 Å². The van der Waals surface area contributed by atoms with Crippen LogP contribution in [0.25, 0.3) is 0 Å². The number of nitrogens with one attached hydrogen (secondary N) is 2. The van der Waals surface area contributed by atoms with E-state index in [1.807, 2.05) is 54.6 Å². The van der Waals surface area contributed by atoms with Crippen LogP contribution in [0.3, 0.4) is 0 Å². The fourth-order valence-electron chi connectivity index (χ4n) is 3.22. The topological polar surface area (TPSA) is 78.4 Å². The standard InChI is InChI=1S/C20H22N2O3/c23-19(14-5-4-6-15(13-14)20(24)25)22-18-11-9-17(10-12-18)21-16-7-2-1-3-8-16/h1-3,7-12,14-15,21H,4-6,13H2,(H,22,23)(H,24,25). The lowest BCUT2D eigenvalue weighted by atomic mass is 9.81. The molecule has 1 fully saturated rings. The first-order valence-electron chi connectivity index (χ1n) is 8.57. The van der Waals surface area contributed by atoms with Crippen LogP contribution >= 0.6 is 0 Å². The number of aliphatic carboxylic acids is 1. The molecule has 2 aromatic carbocycles. The minimum Gasteiger partial charge on any atom is -0.481 e. The molecule has 0 aliphatic heterocycles. The summed E-state index contributed by atoms with van der Waals surface area (Å²) in [5.41, 5.74) is 2.66. The zero-order chi connectivity index (χ0) is 17.6. The molecule has 1 aliphatic carbocycles. The van der Waals surface area contributed by atoms with E-state index in [1.54, 1.807) is 0 Å². The predicted molar refractivity (Wildman–Crippen MR) is 97.9 cm³/mol. The van der Waals surface area contributed by atoms with Crippen LogP contribution in [0.2, 0.25) is 0 Å². The summed E-state index contributed by atoms with van der Waals surface area (Å²) in [6.07, 6.45) is 2.63. The SMILES string of the molecule is O=C(O)C1CCCC(C(=O)Nc2ccc(Nc3ccccc3)cc2)C1. The molecule has 5 nitrogen and oxygen atoms in total. The summed E-state index contributed by atoms with van der Waals surface area (Å²) in [7, 11) is 0. The fraction of sp³-hybridized carbons (Fsp3) is 0.300. The van der Waals surface area contributed by atoms with Gasteiger partial charge in [-0.3, -0.25) is 9.59 Å². The van der Waals surface area contributed by atoms with Crippen molar-refractivity contribution in [1.82, 2.24) is 0 Å². The van der Waals surface area contributed by atoms with Crippen LogP contribution in [-0.2, 0) is 9.59 Å². The first-order valence-corrected chi connectivity index (χ1v) is 8.57. The monoisotopic (exact) mass is 338 g/mol. The van der Waals surface area contributed by atoms with Crippen LogP contribution in [0.15, 0.2) is 54.6 Å². The van der Waals surface area contributed by atoms with Gasteiger partial charge in [-0.05, 0) is 55.7 Å². The van der Waals surface area contributed by atoms with Crippen molar-refractivity contribution in [1.29, 1.82) is 0 Å². The molecule has 25 heavy (non-hydrogen) atoms. The number of anilines is 3. The lowest BCUT2D eigenvalue weighted by molar-refractivity contribution is -0.143. The second-order valence-electron chi connectivity index (χ2n) is 6.46. The summed E-state index contributed by atoms with van der Waals surface area (Å²) in [5, 5.41) is 15.3. The van der Waals surface area contributed by atoms with Crippen LogP contribution in [0.4, 0.5) is 17.1 Å². The van der Waals surface area contributed by atoms with E-state index in [4.69, 9.17) is 5.11 Å². The van der Waals surface area contributed by atoms with Crippen molar-refractivity contribution in [2.75, 3.05) is 10.6 Å². The van der Waals surface area contributed by atoms with Crippen LogP contribution in [0.1, 0.15) is 25.7 Å². The van der Waals surface area contributed by atoms with Gasteiger partial charge in [-0.15, -0.1) is 0 Å². The van der Waals surface area contributed by atoms with E-state index in [0.29, 0.717) is 12.8 Å². The molecule has 2 aromatic rings. The number of carbonyl (C=O) groups is 2. The number of hydrogen-bond acceptors (Lipinski definition) is 3. The van der Waals surface area contributed by atoms with E-state index >= 15 is 0 Å². The Kier molecular flexibility index (Phi) is 5.33. The Morgan fingerprint density at radius 3 is 2.12 bits per heavy atom. The van der Waals surface area contributed by atoms with E-state index in [0.717, 1.165) is 29.9 Å². The molecule has 5 heteroatoms.